The van der Waals surface area contributed by atoms with Crippen molar-refractivity contribution in [2.24, 2.45) is 0 Å². The number of amides is 2. The molecule has 2 fully saturated rings. The number of aryl methyl sites for hydroxylation is 2. The van der Waals surface area contributed by atoms with Gasteiger partial charge in [0.25, 0.3) is 0 Å². The van der Waals surface area contributed by atoms with Gasteiger partial charge in [-0.2, -0.15) is 0 Å². The Labute approximate surface area is 399 Å². The molecule has 0 bridgehead atoms. The molecular formula is C40H42B2N2Na2O16. The number of carboxylic acids is 2. The van der Waals surface area contributed by atoms with Crippen LogP contribution >= 0.6 is 0 Å². The normalized spacial score (nSPS) is 16.9. The van der Waals surface area contributed by atoms with Crippen LogP contribution in [0.1, 0.15) is 43.0 Å². The number of ether oxygens (including phenoxy) is 2. The number of carbonyl (C=O) groups excluding carboxylic acids is 2. The van der Waals surface area contributed by atoms with Gasteiger partial charge in [0.1, 0.15) is 46.3 Å². The molecule has 0 spiro atoms. The van der Waals surface area contributed by atoms with E-state index in [4.69, 9.17) is 18.8 Å². The molecule has 2 saturated heterocycles. The number of hydrogen-bond donors (Lipinski definition) is 8. The third kappa shape index (κ3) is 11.6. The van der Waals surface area contributed by atoms with Crippen molar-refractivity contribution in [3.8, 4) is 34.5 Å². The van der Waals surface area contributed by atoms with Crippen molar-refractivity contribution in [2.75, 3.05) is 26.2 Å². The summed E-state index contributed by atoms with van der Waals surface area (Å²) in [6, 6.07) is 19.1. The van der Waals surface area contributed by atoms with Crippen LogP contribution in [-0.2, 0) is 35.3 Å². The molecule has 316 valence electrons. The number of phenolic OH excluding ortho intramolecular Hbond substituents is 2. The maximum atomic E-state index is 12.4. The van der Waals surface area contributed by atoms with Crippen molar-refractivity contribution >= 4 is 37.3 Å². The molecular weight excluding hydrogens is 832 g/mol. The molecule has 4 aliphatic rings. The van der Waals surface area contributed by atoms with E-state index in [2.05, 4.69) is 0 Å². The summed E-state index contributed by atoms with van der Waals surface area (Å²) in [6.45, 7) is -4.98. The van der Waals surface area contributed by atoms with Gasteiger partial charge < -0.3 is 69.1 Å². The van der Waals surface area contributed by atoms with E-state index in [-0.39, 0.29) is 167 Å². The minimum Gasteiger partial charge on any atom is -0.669 e. The number of benzene rings is 4. The Kier molecular flexibility index (Phi) is 15.6. The van der Waals surface area contributed by atoms with Crippen LogP contribution in [0, 0.1) is 0 Å². The zero-order chi connectivity index (χ0) is 42.9. The van der Waals surface area contributed by atoms with Crippen molar-refractivity contribution < 1.29 is 138 Å². The predicted octanol–water partition coefficient (Wildman–Crippen LogP) is -4.43. The molecule has 18 nitrogen and oxygen atoms in total. The number of fused-ring (bicyclic) bond motifs is 2. The average Bonchev–Trinajstić information content (AvgIpc) is 3.14. The summed E-state index contributed by atoms with van der Waals surface area (Å²) in [7, 11) is 0. The second-order valence-corrected chi connectivity index (χ2v) is 15.3. The van der Waals surface area contributed by atoms with E-state index in [0.29, 0.717) is 37.3 Å². The Hall–Kier alpha value is -4.47. The molecule has 0 aliphatic carbocycles. The summed E-state index contributed by atoms with van der Waals surface area (Å²) in [5.41, 5.74) is 2.19. The first-order chi connectivity index (χ1) is 28.4. The molecule has 0 radical (unpaired) electrons. The fraction of sp³-hybridized carbons (Fsp3) is 0.300. The topological polar surface area (TPSA) is 274 Å². The molecule has 4 aromatic rings. The van der Waals surface area contributed by atoms with Gasteiger partial charge in [-0.15, -0.1) is 0 Å². The minimum absolute atomic E-state index is 0. The van der Waals surface area contributed by atoms with Gasteiger partial charge in [0.2, 0.25) is 11.8 Å². The monoisotopic (exact) mass is 874 g/mol. The van der Waals surface area contributed by atoms with Crippen LogP contribution in [-0.4, -0.2) is 126 Å². The number of carboxylic acid groups (broad SMARTS) is 2. The molecule has 8 rings (SSSR count). The van der Waals surface area contributed by atoms with E-state index in [9.17, 15) is 59.7 Å². The largest absolute Gasteiger partial charge is 1.00 e. The van der Waals surface area contributed by atoms with Crippen molar-refractivity contribution in [2.45, 2.75) is 50.5 Å². The van der Waals surface area contributed by atoms with Crippen molar-refractivity contribution in [3.63, 3.8) is 0 Å². The second-order valence-electron chi connectivity index (χ2n) is 15.3. The van der Waals surface area contributed by atoms with Crippen molar-refractivity contribution in [3.05, 3.63) is 106 Å². The number of carbonyl (C=O) groups is 4. The quantitative estimate of drug-likeness (QED) is 0.0699. The molecule has 0 saturated carbocycles. The molecule has 2 amide bonds. The smallest absolute Gasteiger partial charge is 0.669 e. The Balaban J connectivity index is 0.000000227. The molecule has 4 aliphatic heterocycles. The number of likely N-dealkylation sites (tertiary alicyclic amines) is 2. The Morgan fingerprint density at radius 2 is 0.903 bits per heavy atom. The molecule has 62 heavy (non-hydrogen) atoms. The van der Waals surface area contributed by atoms with E-state index in [0.717, 1.165) is 11.1 Å². The SMILES string of the molecule is O=C(O)c1c(OC2CN(C(=O)Cc3ccc(O)cc3)C2)ccc2c1O[B-](O)(O)CC2.O=C(O)c1c(OC2CN(C(=O)Cc3ccc(O)cc3)C2)ccc2c1O[B-](O)(O)CC2.[Na+].[Na+]. The van der Waals surface area contributed by atoms with Gasteiger partial charge in [-0.3, -0.25) is 9.59 Å². The van der Waals surface area contributed by atoms with E-state index < -0.39 is 25.4 Å². The molecule has 4 aromatic carbocycles. The van der Waals surface area contributed by atoms with E-state index in [1.807, 2.05) is 0 Å². The fourth-order valence-corrected chi connectivity index (χ4v) is 7.25. The van der Waals surface area contributed by atoms with E-state index >= 15 is 0 Å². The Morgan fingerprint density at radius 1 is 0.565 bits per heavy atom. The summed E-state index contributed by atoms with van der Waals surface area (Å²) < 4.78 is 21.9. The summed E-state index contributed by atoms with van der Waals surface area (Å²) in [4.78, 5) is 51.5. The molecule has 4 heterocycles. The van der Waals surface area contributed by atoms with Crippen LogP contribution in [0.15, 0.2) is 72.8 Å². The first-order valence-corrected chi connectivity index (χ1v) is 19.3. The van der Waals surface area contributed by atoms with Gasteiger partial charge in [0.15, 0.2) is 0 Å². The maximum Gasteiger partial charge on any atom is 1.00 e. The first-order valence-electron chi connectivity index (χ1n) is 19.3. The van der Waals surface area contributed by atoms with Gasteiger partial charge >= 0.3 is 84.6 Å². The summed E-state index contributed by atoms with van der Waals surface area (Å²) in [5.74, 6) is -2.57. The molecule has 0 unspecified atom stereocenters. The standard InChI is InChI=1S/2C20H21BNO8.2Na/c2*23-14-4-1-12(2-5-14)9-17(24)22-10-15(11-22)29-16-6-3-13-7-8-21(27,28)30-19(13)18(16)20(25)26;;/h2*1-6,15,23,27-28H,7-11H2,(H,25,26);;/q2*-1;2*+1. The minimum atomic E-state index is -3.10. The van der Waals surface area contributed by atoms with Crippen LogP contribution in [0.2, 0.25) is 12.6 Å². The number of hydrogen-bond acceptors (Lipinski definition) is 14. The second kappa shape index (κ2) is 19.9. The van der Waals surface area contributed by atoms with Crippen LogP contribution in [0.5, 0.6) is 34.5 Å². The number of aromatic carboxylic acids is 2. The molecule has 8 N–H and O–H groups in total. The third-order valence-electron chi connectivity index (χ3n) is 10.6. The average molecular weight is 874 g/mol. The van der Waals surface area contributed by atoms with E-state index in [1.54, 1.807) is 46.2 Å². The van der Waals surface area contributed by atoms with Crippen LogP contribution in [0.25, 0.3) is 0 Å². The number of phenols is 2. The third-order valence-corrected chi connectivity index (χ3v) is 10.6. The fourth-order valence-electron chi connectivity index (χ4n) is 7.25. The van der Waals surface area contributed by atoms with Gasteiger partial charge in [-0.1, -0.05) is 49.0 Å². The van der Waals surface area contributed by atoms with Crippen LogP contribution in [0.4, 0.5) is 0 Å². The number of nitrogens with zero attached hydrogens (tertiary/aromatic N) is 2. The van der Waals surface area contributed by atoms with E-state index in [1.165, 1.54) is 36.4 Å². The van der Waals surface area contributed by atoms with Gasteiger partial charge in [0.05, 0.1) is 50.5 Å². The van der Waals surface area contributed by atoms with Crippen molar-refractivity contribution in [1.82, 2.24) is 9.80 Å². The zero-order valence-electron chi connectivity index (χ0n) is 34.0. The summed E-state index contributed by atoms with van der Waals surface area (Å²) in [6.07, 6.45) is 0.172. The molecule has 0 aromatic heterocycles. The maximum absolute atomic E-state index is 12.4. The van der Waals surface area contributed by atoms with Crippen LogP contribution in [0.3, 0.4) is 0 Å². The van der Waals surface area contributed by atoms with Crippen molar-refractivity contribution in [1.29, 1.82) is 0 Å². The Morgan fingerprint density at radius 3 is 1.23 bits per heavy atom. The number of rotatable bonds is 10. The van der Waals surface area contributed by atoms with Crippen LogP contribution < -0.4 is 77.9 Å². The summed E-state index contributed by atoms with van der Waals surface area (Å²) in [5, 5.41) is 77.0. The van der Waals surface area contributed by atoms with Gasteiger partial charge in [-0.25, -0.2) is 9.59 Å². The molecule has 22 heteroatoms. The van der Waals surface area contributed by atoms with Gasteiger partial charge in [-0.05, 0) is 71.5 Å². The first kappa shape index (κ1) is 48.6. The van der Waals surface area contributed by atoms with Gasteiger partial charge in [0, 0.05) is 0 Å². The Bertz CT molecular complexity index is 2140. The molecule has 0 atom stereocenters. The number of aromatic hydroxyl groups is 2. The summed E-state index contributed by atoms with van der Waals surface area (Å²) >= 11 is 0. The zero-order valence-corrected chi connectivity index (χ0v) is 38.0. The predicted molar refractivity (Wildman–Crippen MR) is 211 cm³/mol.